The van der Waals surface area contributed by atoms with Gasteiger partial charge in [0.15, 0.2) is 5.82 Å². The molecule has 18 heteroatoms. The third-order valence-corrected chi connectivity index (χ3v) is 14.1. The van der Waals surface area contributed by atoms with Crippen LogP contribution < -0.4 is 25.6 Å². The van der Waals surface area contributed by atoms with Gasteiger partial charge in [-0.1, -0.05) is 0 Å². The molecule has 6 aliphatic heterocycles. The van der Waals surface area contributed by atoms with Crippen LogP contribution in [0, 0.1) is 12.7 Å². The first-order valence-corrected chi connectivity index (χ1v) is 22.5. The van der Waals surface area contributed by atoms with Crippen LogP contribution in [0.1, 0.15) is 70.5 Å². The number of piperidine rings is 3. The number of amides is 5. The fourth-order valence-corrected chi connectivity index (χ4v) is 10.6. The number of anilines is 4. The SMILES string of the molecule is Cc1c(-c2cc3cc(Nc4cc5n(n4)CC(=O)N(C4CCN(C6CCN(c7ccc8c(c7)C(=O)N(C7CCC(=O)NC7=O)C8=O)CC6)CC4)CC5)ncc3cc2F)cnc2c1NCCO2. The molecule has 0 aliphatic carbocycles. The van der Waals surface area contributed by atoms with Gasteiger partial charge in [-0.3, -0.25) is 38.9 Å². The second-order valence-corrected chi connectivity index (χ2v) is 17.8. The second-order valence-electron chi connectivity index (χ2n) is 17.8. The van der Waals surface area contributed by atoms with Crippen molar-refractivity contribution in [1.82, 2.24) is 39.8 Å². The highest BCUT2D eigenvalue weighted by atomic mass is 19.1. The summed E-state index contributed by atoms with van der Waals surface area (Å²) in [5.41, 5.74) is 5.19. The number of pyridine rings is 2. The van der Waals surface area contributed by atoms with E-state index in [1.165, 1.54) is 6.07 Å². The van der Waals surface area contributed by atoms with E-state index in [2.05, 4.69) is 35.7 Å². The van der Waals surface area contributed by atoms with Crippen LogP contribution in [-0.4, -0.2) is 128 Å². The van der Waals surface area contributed by atoms with Crippen LogP contribution in [0.15, 0.2) is 54.9 Å². The van der Waals surface area contributed by atoms with Crippen molar-refractivity contribution in [3.63, 3.8) is 0 Å². The summed E-state index contributed by atoms with van der Waals surface area (Å²) in [5.74, 6) is -0.644. The number of imide groups is 2. The molecule has 2 aromatic carbocycles. The Morgan fingerprint density at radius 3 is 2.38 bits per heavy atom. The number of aromatic nitrogens is 4. The average molecular weight is 882 g/mol. The zero-order valence-corrected chi connectivity index (χ0v) is 35.9. The monoisotopic (exact) mass is 881 g/mol. The Balaban J connectivity index is 0.682. The highest BCUT2D eigenvalue weighted by molar-refractivity contribution is 6.23. The molecule has 3 saturated heterocycles. The van der Waals surface area contributed by atoms with Crippen LogP contribution in [0.3, 0.4) is 0 Å². The van der Waals surface area contributed by atoms with Gasteiger partial charge < -0.3 is 30.1 Å². The molecule has 11 rings (SSSR count). The summed E-state index contributed by atoms with van der Waals surface area (Å²) in [6.45, 7) is 7.32. The van der Waals surface area contributed by atoms with E-state index in [1.54, 1.807) is 29.2 Å². The van der Waals surface area contributed by atoms with Gasteiger partial charge in [-0.25, -0.2) is 14.4 Å². The molecule has 1 atom stereocenters. The van der Waals surface area contributed by atoms with E-state index in [9.17, 15) is 24.0 Å². The Kier molecular flexibility index (Phi) is 10.2. The lowest BCUT2D eigenvalue weighted by molar-refractivity contribution is -0.136. The summed E-state index contributed by atoms with van der Waals surface area (Å²) in [5, 5.41) is 15.1. The highest BCUT2D eigenvalue weighted by Gasteiger charge is 2.45. The van der Waals surface area contributed by atoms with Gasteiger partial charge in [-0.15, -0.1) is 0 Å². The molecule has 65 heavy (non-hydrogen) atoms. The molecule has 0 radical (unpaired) electrons. The molecule has 3 fully saturated rings. The number of hydrogen-bond donors (Lipinski definition) is 3. The molecule has 3 N–H and O–H groups in total. The number of halogens is 1. The predicted octanol–water partition coefficient (Wildman–Crippen LogP) is 4.41. The van der Waals surface area contributed by atoms with E-state index in [4.69, 9.17) is 9.84 Å². The predicted molar refractivity (Wildman–Crippen MR) is 238 cm³/mol. The first-order valence-electron chi connectivity index (χ1n) is 22.5. The van der Waals surface area contributed by atoms with E-state index >= 15 is 4.39 Å². The second kappa shape index (κ2) is 16.2. The maximum absolute atomic E-state index is 15.5. The lowest BCUT2D eigenvalue weighted by Crippen LogP contribution is -2.54. The number of carbonyl (C=O) groups is 5. The molecule has 0 spiro atoms. The highest BCUT2D eigenvalue weighted by Crippen LogP contribution is 2.38. The first-order chi connectivity index (χ1) is 31.6. The average Bonchev–Trinajstić information content (AvgIpc) is 3.75. The zero-order chi connectivity index (χ0) is 44.5. The Morgan fingerprint density at radius 1 is 0.769 bits per heavy atom. The Hall–Kier alpha value is -6.95. The van der Waals surface area contributed by atoms with Gasteiger partial charge in [0.1, 0.15) is 36.5 Å². The van der Waals surface area contributed by atoms with E-state index in [0.717, 1.165) is 84.8 Å². The third-order valence-electron chi connectivity index (χ3n) is 14.1. The maximum Gasteiger partial charge on any atom is 0.262 e. The Labute approximate surface area is 373 Å². The van der Waals surface area contributed by atoms with Gasteiger partial charge in [0, 0.05) is 111 Å². The molecular weight excluding hydrogens is 834 g/mol. The smallest absolute Gasteiger partial charge is 0.262 e. The summed E-state index contributed by atoms with van der Waals surface area (Å²) in [4.78, 5) is 81.3. The molecule has 0 saturated carbocycles. The van der Waals surface area contributed by atoms with Gasteiger partial charge in [0.05, 0.1) is 11.1 Å². The normalized spacial score (nSPS) is 20.9. The topological polar surface area (TPSA) is 187 Å². The van der Waals surface area contributed by atoms with Crippen molar-refractivity contribution < 1.29 is 33.1 Å². The minimum Gasteiger partial charge on any atom is -0.474 e. The van der Waals surface area contributed by atoms with Crippen molar-refractivity contribution in [2.45, 2.75) is 76.5 Å². The molecule has 3 aromatic heterocycles. The number of ether oxygens (including phenoxy) is 1. The summed E-state index contributed by atoms with van der Waals surface area (Å²) < 4.78 is 22.9. The van der Waals surface area contributed by atoms with Crippen molar-refractivity contribution in [3.8, 4) is 17.0 Å². The lowest BCUT2D eigenvalue weighted by atomic mass is 9.96. The number of hydrogen-bond acceptors (Lipinski definition) is 13. The first kappa shape index (κ1) is 40.8. The molecule has 5 aromatic rings. The van der Waals surface area contributed by atoms with Crippen LogP contribution in [0.5, 0.6) is 5.88 Å². The largest absolute Gasteiger partial charge is 0.474 e. The molecule has 17 nitrogen and oxygen atoms in total. The van der Waals surface area contributed by atoms with E-state index < -0.39 is 29.7 Å². The summed E-state index contributed by atoms with van der Waals surface area (Å²) in [6, 6.07) is 12.0. The van der Waals surface area contributed by atoms with Gasteiger partial charge in [0.25, 0.3) is 11.8 Å². The van der Waals surface area contributed by atoms with Gasteiger partial charge in [-0.05, 0) is 86.4 Å². The van der Waals surface area contributed by atoms with Crippen molar-refractivity contribution in [2.24, 2.45) is 0 Å². The quantitative estimate of drug-likeness (QED) is 0.196. The van der Waals surface area contributed by atoms with Crippen LogP contribution in [0.25, 0.3) is 21.9 Å². The number of likely N-dealkylation sites (tertiary alicyclic amines) is 1. The number of carbonyl (C=O) groups excluding carboxylic acids is 5. The van der Waals surface area contributed by atoms with Gasteiger partial charge in [0.2, 0.25) is 23.6 Å². The summed E-state index contributed by atoms with van der Waals surface area (Å²) in [6.07, 6.45) is 7.88. The van der Waals surface area contributed by atoms with E-state index in [-0.39, 0.29) is 42.7 Å². The van der Waals surface area contributed by atoms with Crippen molar-refractivity contribution in [2.75, 3.05) is 61.4 Å². The Bertz CT molecular complexity index is 2810. The number of nitrogens with zero attached hydrogens (tertiary/aromatic N) is 8. The standard InChI is InChI=1S/C47H48FN11O6/c1-26-36(24-51-45-43(26)49-11-17-65-45)34-18-27-20-39(50-23-28(27)19-37(34)48)52-40-22-32-10-16-57(42(61)25-58(32)54-40)30-8-14-55(15-9-30)29-6-12-56(13-7-29)31-2-3-33-35(21-31)47(64)59(46(33)63)38-4-5-41(60)53-44(38)62/h2-3,18-24,29-30,38,49H,4-17,25H2,1H3,(H,50,52,54)(H,53,60,62). The summed E-state index contributed by atoms with van der Waals surface area (Å²) >= 11 is 0. The number of fused-ring (bicyclic) bond motifs is 4. The molecular formula is C47H48FN11O6. The van der Waals surface area contributed by atoms with Crippen molar-refractivity contribution >= 4 is 63.3 Å². The number of rotatable bonds is 7. The Morgan fingerprint density at radius 2 is 1.57 bits per heavy atom. The van der Waals surface area contributed by atoms with Crippen LogP contribution >= 0.6 is 0 Å². The fraction of sp³-hybridized carbons (Fsp3) is 0.404. The van der Waals surface area contributed by atoms with Crippen LogP contribution in [0.4, 0.5) is 27.4 Å². The molecule has 6 aliphatic rings. The molecule has 1 unspecified atom stereocenters. The zero-order valence-electron chi connectivity index (χ0n) is 35.9. The molecule has 0 bridgehead atoms. The maximum atomic E-state index is 15.5. The van der Waals surface area contributed by atoms with Crippen molar-refractivity contribution in [3.05, 3.63) is 83.1 Å². The molecule has 5 amide bonds. The minimum atomic E-state index is -0.988. The van der Waals surface area contributed by atoms with Crippen molar-refractivity contribution in [1.29, 1.82) is 0 Å². The van der Waals surface area contributed by atoms with Crippen LogP contribution in [-0.2, 0) is 27.3 Å². The number of benzene rings is 2. The van der Waals surface area contributed by atoms with E-state index in [1.807, 2.05) is 36.1 Å². The molecule has 334 valence electrons. The number of nitrogens with one attached hydrogen (secondary N) is 3. The van der Waals surface area contributed by atoms with Gasteiger partial charge in [-0.2, -0.15) is 5.10 Å². The fourth-order valence-electron chi connectivity index (χ4n) is 10.6. The summed E-state index contributed by atoms with van der Waals surface area (Å²) in [7, 11) is 0. The van der Waals surface area contributed by atoms with Crippen LogP contribution in [0.2, 0.25) is 0 Å². The minimum absolute atomic E-state index is 0.0621. The van der Waals surface area contributed by atoms with E-state index in [0.29, 0.717) is 71.8 Å². The van der Waals surface area contributed by atoms with Gasteiger partial charge >= 0.3 is 0 Å². The molecule has 9 heterocycles. The lowest BCUT2D eigenvalue weighted by Gasteiger charge is -2.44. The third kappa shape index (κ3) is 7.38.